The minimum absolute atomic E-state index is 0.0826. The fraction of sp³-hybridized carbons (Fsp3) is 0.400. The fourth-order valence-electron chi connectivity index (χ4n) is 4.16. The van der Waals surface area contributed by atoms with Crippen molar-refractivity contribution < 1.29 is 13.2 Å². The summed E-state index contributed by atoms with van der Waals surface area (Å²) in [6.07, 6.45) is 1.53. The van der Waals surface area contributed by atoms with E-state index >= 15 is 0 Å². The van der Waals surface area contributed by atoms with Crippen molar-refractivity contribution in [2.45, 2.75) is 50.1 Å². The predicted octanol–water partition coefficient (Wildman–Crippen LogP) is 4.50. The van der Waals surface area contributed by atoms with E-state index < -0.39 is 10.0 Å². The zero-order valence-electron chi connectivity index (χ0n) is 20.0. The smallest absolute Gasteiger partial charge is 0.244 e. The number of ether oxygens (including phenoxy) is 1. The Labute approximate surface area is 206 Å². The van der Waals surface area contributed by atoms with Crippen LogP contribution in [0, 0.1) is 6.92 Å². The second-order valence-corrected chi connectivity index (χ2v) is 11.7. The Kier molecular flexibility index (Phi) is 7.28. The first-order chi connectivity index (χ1) is 16.2. The topological polar surface area (TPSA) is 92.3 Å². The Morgan fingerprint density at radius 2 is 1.82 bits per heavy atom. The molecular formula is C25H32N4O3S2. The number of benzene rings is 2. The maximum absolute atomic E-state index is 13.3. The lowest BCUT2D eigenvalue weighted by atomic mass is 9.95. The number of nitrogens with zero attached hydrogens (tertiary/aromatic N) is 1. The summed E-state index contributed by atoms with van der Waals surface area (Å²) in [6, 6.07) is 15.4. The van der Waals surface area contributed by atoms with Crippen molar-refractivity contribution in [2.75, 3.05) is 25.5 Å². The SMILES string of the molecule is COc1ccc(-c2sc(NC(C)(C)c3ccccc3)nc2C)cc1S(=O)(=O)NC1CCNCC1. The summed E-state index contributed by atoms with van der Waals surface area (Å²) in [5.74, 6) is 0.330. The highest BCUT2D eigenvalue weighted by molar-refractivity contribution is 7.89. The number of rotatable bonds is 8. The van der Waals surface area contributed by atoms with Crippen LogP contribution in [0.25, 0.3) is 10.4 Å². The molecule has 0 unspecified atom stereocenters. The molecule has 9 heteroatoms. The normalized spacial score (nSPS) is 15.3. The third-order valence-electron chi connectivity index (χ3n) is 6.09. The van der Waals surface area contributed by atoms with Crippen LogP contribution in [0.1, 0.15) is 37.9 Å². The number of aryl methyl sites for hydroxylation is 1. The van der Waals surface area contributed by atoms with Gasteiger partial charge in [0, 0.05) is 6.04 Å². The summed E-state index contributed by atoms with van der Waals surface area (Å²) in [5, 5.41) is 7.58. The van der Waals surface area contributed by atoms with E-state index in [4.69, 9.17) is 9.72 Å². The van der Waals surface area contributed by atoms with Crippen LogP contribution in [-0.2, 0) is 15.6 Å². The highest BCUT2D eigenvalue weighted by atomic mass is 32.2. The Morgan fingerprint density at radius 3 is 2.50 bits per heavy atom. The first-order valence-corrected chi connectivity index (χ1v) is 13.7. The van der Waals surface area contributed by atoms with Crippen molar-refractivity contribution in [1.29, 1.82) is 0 Å². The molecule has 1 aliphatic heterocycles. The lowest BCUT2D eigenvalue weighted by Gasteiger charge is -2.26. The third kappa shape index (κ3) is 5.43. The van der Waals surface area contributed by atoms with Crippen molar-refractivity contribution in [1.82, 2.24) is 15.0 Å². The van der Waals surface area contributed by atoms with Crippen molar-refractivity contribution in [3.8, 4) is 16.2 Å². The van der Waals surface area contributed by atoms with Gasteiger partial charge in [-0.15, -0.1) is 0 Å². The second-order valence-electron chi connectivity index (χ2n) is 9.06. The predicted molar refractivity (Wildman–Crippen MR) is 138 cm³/mol. The molecule has 3 aromatic rings. The van der Waals surface area contributed by atoms with E-state index in [1.165, 1.54) is 18.4 Å². The average Bonchev–Trinajstić information content (AvgIpc) is 3.18. The molecule has 1 aliphatic rings. The maximum Gasteiger partial charge on any atom is 0.244 e. The van der Waals surface area contributed by atoms with Crippen LogP contribution >= 0.6 is 11.3 Å². The molecule has 2 heterocycles. The van der Waals surface area contributed by atoms with E-state index in [9.17, 15) is 8.42 Å². The van der Waals surface area contributed by atoms with Crippen molar-refractivity contribution >= 4 is 26.5 Å². The Balaban J connectivity index is 1.63. The van der Waals surface area contributed by atoms with E-state index in [1.54, 1.807) is 12.1 Å². The monoisotopic (exact) mass is 500 g/mol. The lowest BCUT2D eigenvalue weighted by molar-refractivity contribution is 0.399. The Morgan fingerprint density at radius 1 is 1.12 bits per heavy atom. The molecule has 0 bridgehead atoms. The van der Waals surface area contributed by atoms with E-state index in [0.29, 0.717) is 5.75 Å². The van der Waals surface area contributed by atoms with Crippen LogP contribution in [0.4, 0.5) is 5.13 Å². The van der Waals surface area contributed by atoms with Gasteiger partial charge in [0.25, 0.3) is 0 Å². The standard InChI is InChI=1S/C25H32N4O3S2/c1-17-23(33-24(27-17)28-25(2,3)19-8-6-5-7-9-19)18-10-11-21(32-4)22(16-18)34(30,31)29-20-12-14-26-15-13-20/h5-11,16,20,26,29H,12-15H2,1-4H3,(H,27,28). The van der Waals surface area contributed by atoms with Gasteiger partial charge < -0.3 is 15.4 Å². The number of methoxy groups -OCH3 is 1. The molecule has 0 radical (unpaired) electrons. The largest absolute Gasteiger partial charge is 0.495 e. The fourth-order valence-corrected chi connectivity index (χ4v) is 6.78. The molecular weight excluding hydrogens is 468 g/mol. The number of piperidine rings is 1. The van der Waals surface area contributed by atoms with E-state index in [1.807, 2.05) is 31.2 Å². The lowest BCUT2D eigenvalue weighted by Crippen LogP contribution is -2.42. The number of anilines is 1. The molecule has 1 aromatic heterocycles. The zero-order chi connectivity index (χ0) is 24.3. The number of sulfonamides is 1. The molecule has 0 amide bonds. The molecule has 0 spiro atoms. The summed E-state index contributed by atoms with van der Waals surface area (Å²) < 4.78 is 34.8. The zero-order valence-corrected chi connectivity index (χ0v) is 21.6. The van der Waals surface area contributed by atoms with Gasteiger partial charge >= 0.3 is 0 Å². The van der Waals surface area contributed by atoms with Crippen LogP contribution in [0.2, 0.25) is 0 Å². The van der Waals surface area contributed by atoms with Gasteiger partial charge in [-0.1, -0.05) is 41.7 Å². The average molecular weight is 501 g/mol. The summed E-state index contributed by atoms with van der Waals surface area (Å²) in [5.41, 5.74) is 2.49. The molecule has 0 atom stereocenters. The number of hydrogen-bond donors (Lipinski definition) is 3. The maximum atomic E-state index is 13.3. The molecule has 0 aliphatic carbocycles. The summed E-state index contributed by atoms with van der Waals surface area (Å²) in [7, 11) is -2.25. The molecule has 3 N–H and O–H groups in total. The van der Waals surface area contributed by atoms with Gasteiger partial charge in [-0.2, -0.15) is 0 Å². The van der Waals surface area contributed by atoms with Gasteiger partial charge in [-0.3, -0.25) is 0 Å². The molecule has 7 nitrogen and oxygen atoms in total. The first kappa shape index (κ1) is 24.7. The van der Waals surface area contributed by atoms with Gasteiger partial charge in [0.05, 0.1) is 23.2 Å². The Bertz CT molecular complexity index is 1230. The molecule has 1 saturated heterocycles. The van der Waals surface area contributed by atoms with E-state index in [-0.39, 0.29) is 16.5 Å². The third-order valence-corrected chi connectivity index (χ3v) is 8.75. The highest BCUT2D eigenvalue weighted by Crippen LogP contribution is 2.38. The van der Waals surface area contributed by atoms with Crippen LogP contribution in [0.5, 0.6) is 5.75 Å². The molecule has 2 aromatic carbocycles. The number of thiazole rings is 1. The highest BCUT2D eigenvalue weighted by Gasteiger charge is 2.27. The minimum atomic E-state index is -3.74. The van der Waals surface area contributed by atoms with Gasteiger partial charge in [0.2, 0.25) is 10.0 Å². The van der Waals surface area contributed by atoms with Gasteiger partial charge in [-0.25, -0.2) is 18.1 Å². The molecule has 4 rings (SSSR count). The van der Waals surface area contributed by atoms with Gasteiger partial charge in [0.15, 0.2) is 5.13 Å². The minimum Gasteiger partial charge on any atom is -0.495 e. The molecule has 1 fully saturated rings. The van der Waals surface area contributed by atoms with Gasteiger partial charge in [0.1, 0.15) is 10.6 Å². The van der Waals surface area contributed by atoms with Crippen LogP contribution in [0.15, 0.2) is 53.4 Å². The van der Waals surface area contributed by atoms with Crippen LogP contribution in [0.3, 0.4) is 0 Å². The molecule has 34 heavy (non-hydrogen) atoms. The van der Waals surface area contributed by atoms with E-state index in [0.717, 1.165) is 52.8 Å². The number of nitrogens with one attached hydrogen (secondary N) is 3. The van der Waals surface area contributed by atoms with Crippen molar-refractivity contribution in [2.24, 2.45) is 0 Å². The summed E-state index contributed by atoms with van der Waals surface area (Å²) >= 11 is 1.52. The number of aromatic nitrogens is 1. The molecule has 182 valence electrons. The molecule has 0 saturated carbocycles. The summed E-state index contributed by atoms with van der Waals surface area (Å²) in [6.45, 7) is 7.78. The number of hydrogen-bond acceptors (Lipinski definition) is 7. The van der Waals surface area contributed by atoms with Crippen molar-refractivity contribution in [3.05, 3.63) is 59.8 Å². The summed E-state index contributed by atoms with van der Waals surface area (Å²) in [4.78, 5) is 5.80. The van der Waals surface area contributed by atoms with Crippen LogP contribution < -0.4 is 20.1 Å². The first-order valence-electron chi connectivity index (χ1n) is 11.4. The van der Waals surface area contributed by atoms with E-state index in [2.05, 4.69) is 41.3 Å². The van der Waals surface area contributed by atoms with Crippen LogP contribution in [-0.4, -0.2) is 39.6 Å². The van der Waals surface area contributed by atoms with Gasteiger partial charge in [-0.05, 0) is 76.0 Å². The second kappa shape index (κ2) is 10.0. The van der Waals surface area contributed by atoms with Crippen molar-refractivity contribution in [3.63, 3.8) is 0 Å². The Hall–Kier alpha value is -2.46. The quantitative estimate of drug-likeness (QED) is 0.422.